The van der Waals surface area contributed by atoms with Crippen LogP contribution in [0.2, 0.25) is 5.02 Å². The molecule has 0 aliphatic heterocycles. The third-order valence-electron chi connectivity index (χ3n) is 4.39. The zero-order valence-corrected chi connectivity index (χ0v) is 15.4. The normalized spacial score (nSPS) is 14.2. The summed E-state index contributed by atoms with van der Waals surface area (Å²) in [5, 5.41) is 3.84. The van der Waals surface area contributed by atoms with Crippen LogP contribution >= 0.6 is 23.4 Å². The maximum absolute atomic E-state index is 12.2. The summed E-state index contributed by atoms with van der Waals surface area (Å²) in [6.07, 6.45) is 3.61. The third-order valence-corrected chi connectivity index (χ3v) is 5.63. The number of carbonyl (C=O) groups is 1. The summed E-state index contributed by atoms with van der Waals surface area (Å²) >= 11 is 7.58. The Bertz CT molecular complexity index is 731. The monoisotopic (exact) mass is 359 g/mol. The summed E-state index contributed by atoms with van der Waals surface area (Å²) in [4.78, 5) is 12.2. The van der Waals surface area contributed by atoms with Crippen LogP contribution in [0.4, 0.5) is 0 Å². The van der Waals surface area contributed by atoms with Crippen molar-refractivity contribution in [3.63, 3.8) is 0 Å². The molecule has 4 heteroatoms. The molecule has 1 N–H and O–H groups in total. The average Bonchev–Trinajstić information content (AvgIpc) is 3.02. The number of aryl methyl sites for hydroxylation is 2. The van der Waals surface area contributed by atoms with Crippen molar-refractivity contribution in [3.8, 4) is 0 Å². The van der Waals surface area contributed by atoms with Crippen LogP contribution in [0.3, 0.4) is 0 Å². The summed E-state index contributed by atoms with van der Waals surface area (Å²) in [7, 11) is 0. The molecule has 1 atom stereocenters. The van der Waals surface area contributed by atoms with Gasteiger partial charge in [0.05, 0.1) is 11.8 Å². The second-order valence-electron chi connectivity index (χ2n) is 6.29. The Labute approximate surface area is 153 Å². The Hall–Kier alpha value is -1.45. The lowest BCUT2D eigenvalue weighted by Gasteiger charge is -2.15. The van der Waals surface area contributed by atoms with Crippen molar-refractivity contribution in [3.05, 3.63) is 69.7 Å². The first-order valence-corrected chi connectivity index (χ1v) is 9.88. The molecule has 0 spiro atoms. The fourth-order valence-electron chi connectivity index (χ4n) is 3.12. The Kier molecular flexibility index (Phi) is 5.85. The lowest BCUT2D eigenvalue weighted by Crippen LogP contribution is -2.28. The van der Waals surface area contributed by atoms with Gasteiger partial charge in [0.15, 0.2) is 0 Å². The molecule has 3 rings (SSSR count). The van der Waals surface area contributed by atoms with Gasteiger partial charge in [-0.2, -0.15) is 0 Å². The van der Waals surface area contributed by atoms with Gasteiger partial charge in [0.2, 0.25) is 5.91 Å². The summed E-state index contributed by atoms with van der Waals surface area (Å²) in [6.45, 7) is 2.05. The Morgan fingerprint density at radius 2 is 2.04 bits per heavy atom. The predicted octanol–water partition coefficient (Wildman–Crippen LogP) is 4.94. The second-order valence-corrected chi connectivity index (χ2v) is 7.72. The van der Waals surface area contributed by atoms with Gasteiger partial charge in [0.1, 0.15) is 0 Å². The number of hydrogen-bond acceptors (Lipinski definition) is 2. The number of nitrogens with one attached hydrogen (secondary N) is 1. The van der Waals surface area contributed by atoms with E-state index in [1.165, 1.54) is 36.0 Å². The Balaban J connectivity index is 1.47. The van der Waals surface area contributed by atoms with E-state index in [2.05, 4.69) is 30.4 Å². The minimum atomic E-state index is 0.0511. The van der Waals surface area contributed by atoms with Gasteiger partial charge >= 0.3 is 0 Å². The van der Waals surface area contributed by atoms with Crippen molar-refractivity contribution in [1.29, 1.82) is 0 Å². The maximum atomic E-state index is 12.2. The van der Waals surface area contributed by atoms with Crippen LogP contribution in [0.1, 0.15) is 41.6 Å². The number of halogens is 1. The van der Waals surface area contributed by atoms with Crippen molar-refractivity contribution >= 4 is 29.3 Å². The van der Waals surface area contributed by atoms with Crippen LogP contribution in [-0.4, -0.2) is 11.7 Å². The van der Waals surface area contributed by atoms with Gasteiger partial charge in [-0.1, -0.05) is 41.9 Å². The van der Waals surface area contributed by atoms with Gasteiger partial charge in [-0.15, -0.1) is 11.8 Å². The molecule has 2 aromatic rings. The lowest BCUT2D eigenvalue weighted by atomic mass is 10.0. The maximum Gasteiger partial charge on any atom is 0.230 e. The van der Waals surface area contributed by atoms with Gasteiger partial charge in [-0.25, -0.2) is 0 Å². The van der Waals surface area contributed by atoms with Crippen LogP contribution in [0.25, 0.3) is 0 Å². The average molecular weight is 360 g/mol. The number of thioether (sulfide) groups is 1. The van der Waals surface area contributed by atoms with E-state index in [4.69, 9.17) is 11.6 Å². The fourth-order valence-corrected chi connectivity index (χ4v) is 4.11. The van der Waals surface area contributed by atoms with E-state index in [0.717, 1.165) is 16.3 Å². The Morgan fingerprint density at radius 3 is 2.88 bits per heavy atom. The SMILES string of the molecule is CC(NC(=O)CSCc1cccc(Cl)c1)c1ccc2c(c1)CCC2. The first-order chi connectivity index (χ1) is 11.6. The van der Waals surface area contributed by atoms with Gasteiger partial charge in [-0.3, -0.25) is 4.79 Å². The molecule has 0 saturated carbocycles. The lowest BCUT2D eigenvalue weighted by molar-refractivity contribution is -0.119. The number of rotatable bonds is 6. The van der Waals surface area contributed by atoms with E-state index in [-0.39, 0.29) is 11.9 Å². The van der Waals surface area contributed by atoms with E-state index >= 15 is 0 Å². The van der Waals surface area contributed by atoms with Crippen molar-refractivity contribution in [2.24, 2.45) is 0 Å². The summed E-state index contributed by atoms with van der Waals surface area (Å²) < 4.78 is 0. The minimum absolute atomic E-state index is 0.0511. The molecule has 1 aliphatic rings. The molecular formula is C20H22ClNOS. The number of fused-ring (bicyclic) bond motifs is 1. The molecule has 2 nitrogen and oxygen atoms in total. The highest BCUT2D eigenvalue weighted by atomic mass is 35.5. The largest absolute Gasteiger partial charge is 0.349 e. The molecule has 1 aliphatic carbocycles. The number of benzene rings is 2. The first-order valence-electron chi connectivity index (χ1n) is 8.35. The third kappa shape index (κ3) is 4.55. The number of carbonyl (C=O) groups excluding carboxylic acids is 1. The van der Waals surface area contributed by atoms with Crippen LogP contribution in [0, 0.1) is 0 Å². The molecule has 0 bridgehead atoms. The quantitative estimate of drug-likeness (QED) is 0.791. The number of amides is 1. The highest BCUT2D eigenvalue weighted by molar-refractivity contribution is 7.99. The molecule has 0 fully saturated rings. The van der Waals surface area contributed by atoms with Crippen LogP contribution in [0.15, 0.2) is 42.5 Å². The molecule has 126 valence electrons. The van der Waals surface area contributed by atoms with Gasteiger partial charge < -0.3 is 5.32 Å². The van der Waals surface area contributed by atoms with Crippen molar-refractivity contribution in [2.75, 3.05) is 5.75 Å². The predicted molar refractivity (Wildman–Crippen MR) is 103 cm³/mol. The van der Waals surface area contributed by atoms with Crippen LogP contribution in [-0.2, 0) is 23.4 Å². The standard InChI is InChI=1S/C20H22ClNOS/c1-14(17-9-8-16-5-3-6-18(16)11-17)22-20(23)13-24-12-15-4-2-7-19(21)10-15/h2,4,7-11,14H,3,5-6,12-13H2,1H3,(H,22,23). The molecule has 0 saturated heterocycles. The molecular weight excluding hydrogens is 338 g/mol. The summed E-state index contributed by atoms with van der Waals surface area (Å²) in [5.41, 5.74) is 5.26. The Morgan fingerprint density at radius 1 is 1.21 bits per heavy atom. The van der Waals surface area contributed by atoms with Crippen molar-refractivity contribution in [2.45, 2.75) is 38.0 Å². The molecule has 24 heavy (non-hydrogen) atoms. The highest BCUT2D eigenvalue weighted by Crippen LogP contribution is 2.25. The van der Waals surface area contributed by atoms with Gasteiger partial charge in [-0.05, 0) is 60.6 Å². The van der Waals surface area contributed by atoms with E-state index < -0.39 is 0 Å². The molecule has 0 radical (unpaired) electrons. The molecule has 0 aromatic heterocycles. The first kappa shape index (κ1) is 17.4. The van der Waals surface area contributed by atoms with E-state index in [1.54, 1.807) is 11.8 Å². The number of hydrogen-bond donors (Lipinski definition) is 1. The van der Waals surface area contributed by atoms with Crippen molar-refractivity contribution in [1.82, 2.24) is 5.32 Å². The van der Waals surface area contributed by atoms with E-state index in [1.807, 2.05) is 24.3 Å². The molecule has 1 unspecified atom stereocenters. The van der Waals surface area contributed by atoms with E-state index in [9.17, 15) is 4.79 Å². The zero-order chi connectivity index (χ0) is 16.9. The molecule has 0 heterocycles. The molecule has 1 amide bonds. The summed E-state index contributed by atoms with van der Waals surface area (Å²) in [6, 6.07) is 14.4. The minimum Gasteiger partial charge on any atom is -0.349 e. The van der Waals surface area contributed by atoms with Gasteiger partial charge in [0, 0.05) is 10.8 Å². The summed E-state index contributed by atoms with van der Waals surface area (Å²) in [5.74, 6) is 1.33. The van der Waals surface area contributed by atoms with E-state index in [0.29, 0.717) is 5.75 Å². The van der Waals surface area contributed by atoms with Gasteiger partial charge in [0.25, 0.3) is 0 Å². The highest BCUT2D eigenvalue weighted by Gasteiger charge is 2.14. The zero-order valence-electron chi connectivity index (χ0n) is 13.8. The second kappa shape index (κ2) is 8.09. The van der Waals surface area contributed by atoms with Crippen LogP contribution in [0.5, 0.6) is 0 Å². The molecule has 2 aromatic carbocycles. The topological polar surface area (TPSA) is 29.1 Å². The van der Waals surface area contributed by atoms with Crippen molar-refractivity contribution < 1.29 is 4.79 Å². The van der Waals surface area contributed by atoms with Crippen LogP contribution < -0.4 is 5.32 Å². The smallest absolute Gasteiger partial charge is 0.230 e. The fraction of sp³-hybridized carbons (Fsp3) is 0.350.